The van der Waals surface area contributed by atoms with Crippen LogP contribution in [0.5, 0.6) is 0 Å². The lowest BCUT2D eigenvalue weighted by atomic mass is 9.83. The van der Waals surface area contributed by atoms with E-state index in [4.69, 9.17) is 16.3 Å². The van der Waals surface area contributed by atoms with E-state index in [-0.39, 0.29) is 11.9 Å². The van der Waals surface area contributed by atoms with Gasteiger partial charge in [0.25, 0.3) is 0 Å². The van der Waals surface area contributed by atoms with Crippen molar-refractivity contribution in [2.45, 2.75) is 50.7 Å². The third-order valence-corrected chi connectivity index (χ3v) is 4.03. The largest absolute Gasteiger partial charge is 0.389 e. The lowest BCUT2D eigenvalue weighted by molar-refractivity contribution is -0.104. The van der Waals surface area contributed by atoms with E-state index in [2.05, 4.69) is 6.92 Å². The molecule has 0 bridgehead atoms. The van der Waals surface area contributed by atoms with Crippen LogP contribution >= 0.6 is 11.6 Å². The molecule has 106 valence electrons. The van der Waals surface area contributed by atoms with E-state index in [1.165, 1.54) is 12.1 Å². The van der Waals surface area contributed by atoms with E-state index < -0.39 is 5.60 Å². The number of ether oxygens (including phenoxy) is 1. The third kappa shape index (κ3) is 3.91. The average Bonchev–Trinajstić information content (AvgIpc) is 2.33. The fourth-order valence-corrected chi connectivity index (χ4v) is 2.92. The lowest BCUT2D eigenvalue weighted by Crippen LogP contribution is -2.42. The molecule has 1 N–H and O–H groups in total. The van der Waals surface area contributed by atoms with Crippen LogP contribution in [0.4, 0.5) is 4.39 Å². The Morgan fingerprint density at radius 2 is 2.32 bits per heavy atom. The molecule has 1 saturated heterocycles. The van der Waals surface area contributed by atoms with Gasteiger partial charge in [-0.2, -0.15) is 0 Å². The van der Waals surface area contributed by atoms with Gasteiger partial charge in [0.1, 0.15) is 5.82 Å². The lowest BCUT2D eigenvalue weighted by Gasteiger charge is -2.37. The predicted molar refractivity (Wildman–Crippen MR) is 73.9 cm³/mol. The van der Waals surface area contributed by atoms with Crippen molar-refractivity contribution in [2.75, 3.05) is 6.61 Å². The van der Waals surface area contributed by atoms with Crippen LogP contribution in [0.25, 0.3) is 0 Å². The summed E-state index contributed by atoms with van der Waals surface area (Å²) < 4.78 is 18.7. The highest BCUT2D eigenvalue weighted by molar-refractivity contribution is 6.31. The van der Waals surface area contributed by atoms with Crippen LogP contribution < -0.4 is 0 Å². The number of rotatable bonds is 4. The Morgan fingerprint density at radius 1 is 1.53 bits per heavy atom. The van der Waals surface area contributed by atoms with Crippen LogP contribution in [0.3, 0.4) is 0 Å². The molecular weight excluding hydrogens is 267 g/mol. The molecule has 2 nitrogen and oxygen atoms in total. The van der Waals surface area contributed by atoms with E-state index in [1.807, 2.05) is 0 Å². The normalized spacial score (nSPS) is 27.5. The summed E-state index contributed by atoms with van der Waals surface area (Å²) in [5.41, 5.74) is 0.00207. The highest BCUT2D eigenvalue weighted by atomic mass is 35.5. The topological polar surface area (TPSA) is 29.5 Å². The number of benzene rings is 1. The fourth-order valence-electron chi connectivity index (χ4n) is 2.69. The van der Waals surface area contributed by atoms with Crippen molar-refractivity contribution in [2.24, 2.45) is 0 Å². The van der Waals surface area contributed by atoms with Crippen molar-refractivity contribution in [1.29, 1.82) is 0 Å². The summed E-state index contributed by atoms with van der Waals surface area (Å²) in [6.45, 7) is 2.67. The molecule has 1 aromatic carbocycles. The molecule has 0 amide bonds. The molecule has 1 heterocycles. The van der Waals surface area contributed by atoms with Crippen LogP contribution in [0.15, 0.2) is 18.2 Å². The second-order valence-corrected chi connectivity index (χ2v) is 5.78. The maximum absolute atomic E-state index is 13.0. The molecule has 2 unspecified atom stereocenters. The zero-order chi connectivity index (χ0) is 13.9. The van der Waals surface area contributed by atoms with Crippen molar-refractivity contribution in [3.05, 3.63) is 34.6 Å². The van der Waals surface area contributed by atoms with Crippen LogP contribution in [0, 0.1) is 5.82 Å². The van der Waals surface area contributed by atoms with Gasteiger partial charge in [-0.1, -0.05) is 31.0 Å². The third-order valence-electron chi connectivity index (χ3n) is 3.67. The van der Waals surface area contributed by atoms with Gasteiger partial charge in [-0.3, -0.25) is 0 Å². The smallest absolute Gasteiger partial charge is 0.124 e. The highest BCUT2D eigenvalue weighted by Gasteiger charge is 2.35. The summed E-state index contributed by atoms with van der Waals surface area (Å²) in [7, 11) is 0. The minimum atomic E-state index is -0.792. The standard InChI is InChI=1S/C15H20ClFO2/c1-2-3-13-10-15(18,6-7-19-13)9-11-4-5-12(17)8-14(11)16/h4-5,8,13,18H,2-3,6-7,9-10H2,1H3. The summed E-state index contributed by atoms with van der Waals surface area (Å²) in [6.07, 6.45) is 3.78. The monoisotopic (exact) mass is 286 g/mol. The van der Waals surface area contributed by atoms with Gasteiger partial charge in [0.05, 0.1) is 11.7 Å². The molecule has 1 aliphatic heterocycles. The number of halogens is 2. The minimum absolute atomic E-state index is 0.114. The van der Waals surface area contributed by atoms with Crippen molar-refractivity contribution in [1.82, 2.24) is 0 Å². The molecule has 0 spiro atoms. The van der Waals surface area contributed by atoms with Gasteiger partial charge in [0.15, 0.2) is 0 Å². The SMILES string of the molecule is CCCC1CC(O)(Cc2ccc(F)cc2Cl)CCO1. The van der Waals surface area contributed by atoms with E-state index in [0.29, 0.717) is 30.9 Å². The first kappa shape index (κ1) is 14.8. The molecule has 0 aliphatic carbocycles. The zero-order valence-electron chi connectivity index (χ0n) is 11.2. The van der Waals surface area contributed by atoms with Gasteiger partial charge in [-0.25, -0.2) is 4.39 Å². The molecule has 2 rings (SSSR count). The molecule has 0 radical (unpaired) electrons. The first-order chi connectivity index (χ1) is 9.02. The average molecular weight is 287 g/mol. The molecule has 2 atom stereocenters. The van der Waals surface area contributed by atoms with E-state index >= 15 is 0 Å². The van der Waals surface area contributed by atoms with Gasteiger partial charge in [0.2, 0.25) is 0 Å². The Kier molecular flexibility index (Phi) is 4.82. The Labute approximate surface area is 118 Å². The quantitative estimate of drug-likeness (QED) is 0.914. The second-order valence-electron chi connectivity index (χ2n) is 5.37. The summed E-state index contributed by atoms with van der Waals surface area (Å²) in [4.78, 5) is 0. The second kappa shape index (κ2) is 6.21. The maximum Gasteiger partial charge on any atom is 0.124 e. The first-order valence-electron chi connectivity index (χ1n) is 6.80. The first-order valence-corrected chi connectivity index (χ1v) is 7.18. The van der Waals surface area contributed by atoms with Crippen molar-refractivity contribution in [3.63, 3.8) is 0 Å². The number of hydrogen-bond donors (Lipinski definition) is 1. The summed E-state index contributed by atoms with van der Waals surface area (Å²) >= 11 is 6.03. The highest BCUT2D eigenvalue weighted by Crippen LogP contribution is 2.32. The van der Waals surface area contributed by atoms with Crippen molar-refractivity contribution in [3.8, 4) is 0 Å². The molecule has 0 saturated carbocycles. The van der Waals surface area contributed by atoms with Gasteiger partial charge < -0.3 is 9.84 Å². The Hall–Kier alpha value is -0.640. The maximum atomic E-state index is 13.0. The fraction of sp³-hybridized carbons (Fsp3) is 0.600. The molecule has 19 heavy (non-hydrogen) atoms. The van der Waals surface area contributed by atoms with Crippen LogP contribution in [0.1, 0.15) is 38.2 Å². The van der Waals surface area contributed by atoms with Crippen LogP contribution in [-0.4, -0.2) is 23.4 Å². The molecule has 1 fully saturated rings. The Bertz CT molecular complexity index is 436. The zero-order valence-corrected chi connectivity index (χ0v) is 11.9. The molecule has 0 aromatic heterocycles. The molecular formula is C15H20ClFO2. The van der Waals surface area contributed by atoms with Gasteiger partial charge in [0, 0.05) is 24.5 Å². The summed E-state index contributed by atoms with van der Waals surface area (Å²) in [5.74, 6) is -0.350. The van der Waals surface area contributed by atoms with E-state index in [9.17, 15) is 9.50 Å². The minimum Gasteiger partial charge on any atom is -0.389 e. The number of aliphatic hydroxyl groups is 1. The predicted octanol–water partition coefficient (Wildman–Crippen LogP) is 3.73. The Balaban J connectivity index is 2.07. The molecule has 4 heteroatoms. The van der Waals surface area contributed by atoms with Gasteiger partial charge >= 0.3 is 0 Å². The summed E-state index contributed by atoms with van der Waals surface area (Å²) in [5, 5.41) is 11.1. The van der Waals surface area contributed by atoms with E-state index in [0.717, 1.165) is 18.4 Å². The van der Waals surface area contributed by atoms with Gasteiger partial charge in [-0.05, 0) is 30.5 Å². The summed E-state index contributed by atoms with van der Waals surface area (Å²) in [6, 6.07) is 4.33. The molecule has 1 aliphatic rings. The van der Waals surface area contributed by atoms with Gasteiger partial charge in [-0.15, -0.1) is 0 Å². The molecule has 1 aromatic rings. The number of hydrogen-bond acceptors (Lipinski definition) is 2. The van der Waals surface area contributed by atoms with Crippen molar-refractivity contribution >= 4 is 11.6 Å². The van der Waals surface area contributed by atoms with E-state index in [1.54, 1.807) is 6.07 Å². The van der Waals surface area contributed by atoms with Crippen LogP contribution in [0.2, 0.25) is 5.02 Å². The Morgan fingerprint density at radius 3 is 3.00 bits per heavy atom. The van der Waals surface area contributed by atoms with Crippen LogP contribution in [-0.2, 0) is 11.2 Å². The van der Waals surface area contributed by atoms with Crippen molar-refractivity contribution < 1.29 is 14.2 Å².